The molecule has 0 radical (unpaired) electrons. The molecular formula is C31H34N5OPt-3. The number of aromatic nitrogens is 3. The maximum Gasteiger partial charge on any atom is 0.0672 e. The van der Waals surface area contributed by atoms with Crippen LogP contribution in [0.15, 0.2) is 55.1 Å². The van der Waals surface area contributed by atoms with Crippen LogP contribution in [-0.2, 0) is 31.9 Å². The van der Waals surface area contributed by atoms with E-state index in [1.807, 2.05) is 67.2 Å². The minimum absolute atomic E-state index is 0. The average Bonchev–Trinajstić information content (AvgIpc) is 3.42. The number of aryl methyl sites for hydroxylation is 2. The van der Waals surface area contributed by atoms with Crippen LogP contribution >= 0.6 is 0 Å². The normalized spacial score (nSPS) is 13.8. The van der Waals surface area contributed by atoms with Crippen molar-refractivity contribution in [3.63, 3.8) is 0 Å². The Morgan fingerprint density at radius 1 is 1.00 bits per heavy atom. The number of imidazole rings is 1. The summed E-state index contributed by atoms with van der Waals surface area (Å²) in [4.78, 5) is 13.6. The second kappa shape index (κ2) is 10.2. The molecule has 0 fully saturated rings. The van der Waals surface area contributed by atoms with Crippen molar-refractivity contribution < 1.29 is 25.8 Å². The first-order valence-corrected chi connectivity index (χ1v) is 12.6. The van der Waals surface area contributed by atoms with E-state index >= 15 is 0 Å². The molecular weight excluding hydrogens is 653 g/mol. The first kappa shape index (κ1) is 27.9. The summed E-state index contributed by atoms with van der Waals surface area (Å²) in [5.41, 5.74) is 6.49. The molecule has 202 valence electrons. The second-order valence-electron chi connectivity index (χ2n) is 11.3. The molecule has 7 heteroatoms. The van der Waals surface area contributed by atoms with E-state index in [4.69, 9.17) is 14.7 Å². The molecule has 0 saturated carbocycles. The zero-order valence-electron chi connectivity index (χ0n) is 23.2. The smallest absolute Gasteiger partial charge is 0.0672 e. The molecule has 1 aliphatic rings. The quantitative estimate of drug-likeness (QED) is 0.219. The van der Waals surface area contributed by atoms with Crippen LogP contribution in [0, 0.1) is 32.6 Å². The molecule has 1 aliphatic heterocycles. The number of benzene rings is 1. The molecule has 3 aromatic heterocycles. The summed E-state index contributed by atoms with van der Waals surface area (Å²) in [6, 6.07) is 17.1. The van der Waals surface area contributed by atoms with Crippen molar-refractivity contribution in [1.29, 1.82) is 0 Å². The van der Waals surface area contributed by atoms with Crippen molar-refractivity contribution in [3.05, 3.63) is 102 Å². The molecule has 0 spiro atoms. The van der Waals surface area contributed by atoms with Gasteiger partial charge in [-0.3, -0.25) is 9.97 Å². The van der Waals surface area contributed by atoms with Crippen LogP contribution < -0.4 is 9.64 Å². The summed E-state index contributed by atoms with van der Waals surface area (Å²) >= 11 is 0. The van der Waals surface area contributed by atoms with Gasteiger partial charge in [-0.25, -0.2) is 0 Å². The molecule has 0 amide bonds. The Hall–Kier alpha value is -3.11. The van der Waals surface area contributed by atoms with Crippen LogP contribution in [0.5, 0.6) is 11.5 Å². The maximum absolute atomic E-state index is 6.44. The van der Waals surface area contributed by atoms with Gasteiger partial charge in [-0.1, -0.05) is 40.8 Å². The van der Waals surface area contributed by atoms with Crippen molar-refractivity contribution >= 4 is 11.3 Å². The molecule has 0 bridgehead atoms. The van der Waals surface area contributed by atoms with E-state index in [2.05, 4.69) is 76.4 Å². The Kier molecular flexibility index (Phi) is 7.51. The third-order valence-electron chi connectivity index (χ3n) is 7.05. The number of pyridine rings is 2. The van der Waals surface area contributed by atoms with Gasteiger partial charge in [0.2, 0.25) is 0 Å². The third-order valence-corrected chi connectivity index (χ3v) is 7.05. The number of anilines is 1. The molecule has 0 saturated heterocycles. The molecule has 0 unspecified atom stereocenters. The third kappa shape index (κ3) is 5.24. The summed E-state index contributed by atoms with van der Waals surface area (Å²) < 4.78 is 8.54. The maximum atomic E-state index is 6.44. The molecule has 1 aromatic carbocycles. The van der Waals surface area contributed by atoms with Gasteiger partial charge in [0.25, 0.3) is 0 Å². The zero-order chi connectivity index (χ0) is 26.5. The number of hydrogen-bond acceptors (Lipinski definition) is 5. The van der Waals surface area contributed by atoms with E-state index in [9.17, 15) is 0 Å². The van der Waals surface area contributed by atoms with Gasteiger partial charge in [-0.15, -0.1) is 35.5 Å². The van der Waals surface area contributed by atoms with Gasteiger partial charge in [-0.2, -0.15) is 12.7 Å². The molecule has 0 aliphatic carbocycles. The average molecular weight is 688 g/mol. The van der Waals surface area contributed by atoms with Gasteiger partial charge in [0, 0.05) is 55.5 Å². The van der Waals surface area contributed by atoms with Crippen molar-refractivity contribution in [2.24, 2.45) is 0 Å². The second-order valence-corrected chi connectivity index (χ2v) is 11.3. The molecule has 38 heavy (non-hydrogen) atoms. The predicted octanol–water partition coefficient (Wildman–Crippen LogP) is 6.70. The Balaban J connectivity index is 0.00000336. The standard InChI is InChI=1S/C31H34N5O.Pt/c1-21-22(2)36-19-24(31(6,7)28-17-23(12-13-32-28)30(3,4)5)16-27(29(36)33-21)37-26-11-9-10-25(18-26)35-15-14-34(8)20-35;/h9-15,17,19-20H,1-8H3;/q-3;. The first-order valence-electron chi connectivity index (χ1n) is 12.6. The number of hydrogen-bond donors (Lipinski definition) is 0. The van der Waals surface area contributed by atoms with Crippen LogP contribution in [0.4, 0.5) is 5.69 Å². The van der Waals surface area contributed by atoms with E-state index in [1.54, 1.807) is 0 Å². The summed E-state index contributed by atoms with van der Waals surface area (Å²) in [6.45, 7) is 17.1. The summed E-state index contributed by atoms with van der Waals surface area (Å²) in [5, 5.41) is 0. The predicted molar refractivity (Wildman–Crippen MR) is 148 cm³/mol. The fourth-order valence-corrected chi connectivity index (χ4v) is 4.40. The van der Waals surface area contributed by atoms with Crippen molar-refractivity contribution in [3.8, 4) is 11.5 Å². The number of fused-ring (bicyclic) bond motifs is 1. The van der Waals surface area contributed by atoms with Crippen molar-refractivity contribution in [2.45, 2.75) is 59.3 Å². The summed E-state index contributed by atoms with van der Waals surface area (Å²) in [5.74, 6) is 1.17. The minimum Gasteiger partial charge on any atom is -0.510 e. The molecule has 6 nitrogen and oxygen atoms in total. The number of rotatable bonds is 5. The minimum atomic E-state index is -0.413. The van der Waals surface area contributed by atoms with E-state index in [0.29, 0.717) is 11.5 Å². The van der Waals surface area contributed by atoms with Gasteiger partial charge in [0.15, 0.2) is 0 Å². The number of ether oxygens (including phenoxy) is 1. The summed E-state index contributed by atoms with van der Waals surface area (Å²) in [7, 11) is 1.99. The zero-order valence-corrected chi connectivity index (χ0v) is 25.5. The van der Waals surface area contributed by atoms with Crippen LogP contribution in [0.1, 0.15) is 62.8 Å². The van der Waals surface area contributed by atoms with Gasteiger partial charge in [0.1, 0.15) is 0 Å². The summed E-state index contributed by atoms with van der Waals surface area (Å²) in [6.07, 6.45) is 8.00. The van der Waals surface area contributed by atoms with Gasteiger partial charge in [0.05, 0.1) is 11.4 Å². The van der Waals surface area contributed by atoms with Crippen molar-refractivity contribution in [2.75, 3.05) is 11.9 Å². The van der Waals surface area contributed by atoms with E-state index in [1.165, 1.54) is 5.56 Å². The van der Waals surface area contributed by atoms with E-state index in [0.717, 1.165) is 34.0 Å². The molecule has 4 heterocycles. The van der Waals surface area contributed by atoms with Crippen LogP contribution in [-0.4, -0.2) is 26.3 Å². The molecule has 4 aromatic rings. The molecule has 0 atom stereocenters. The van der Waals surface area contributed by atoms with Crippen LogP contribution in [0.2, 0.25) is 0 Å². The van der Waals surface area contributed by atoms with Gasteiger partial charge >= 0.3 is 0 Å². The van der Waals surface area contributed by atoms with Gasteiger partial charge in [-0.05, 0) is 56.4 Å². The Morgan fingerprint density at radius 2 is 1.76 bits per heavy atom. The van der Waals surface area contributed by atoms with Gasteiger partial charge < -0.3 is 18.9 Å². The molecule has 5 rings (SSSR count). The first-order chi connectivity index (χ1) is 17.4. The SMILES string of the molecule is Cc1nc2c(Oc3[c-]c(N4C=CN(C)[CH-]4)ccc3)[c-]c(C(C)(C)c3cc(C(C)(C)C)ccn3)cn2c1C.[Pt]. The topological polar surface area (TPSA) is 45.9 Å². The Labute approximate surface area is 240 Å². The largest absolute Gasteiger partial charge is 0.510 e. The monoisotopic (exact) mass is 687 g/mol. The molecule has 0 N–H and O–H groups in total. The fraction of sp³-hybridized carbons (Fsp3) is 0.323. The van der Waals surface area contributed by atoms with Crippen molar-refractivity contribution in [1.82, 2.24) is 19.3 Å². The Morgan fingerprint density at radius 3 is 2.45 bits per heavy atom. The van der Waals surface area contributed by atoms with Crippen LogP contribution in [0.25, 0.3) is 5.65 Å². The van der Waals surface area contributed by atoms with Crippen LogP contribution in [0.3, 0.4) is 0 Å². The Bertz CT molecular complexity index is 1500. The van der Waals surface area contributed by atoms with E-state index in [-0.39, 0.29) is 26.5 Å². The fourth-order valence-electron chi connectivity index (χ4n) is 4.40. The number of nitrogens with zero attached hydrogens (tertiary/aromatic N) is 5. The van der Waals surface area contributed by atoms with E-state index < -0.39 is 5.41 Å².